The highest BCUT2D eigenvalue weighted by Gasteiger charge is 2.35. The molecular formula is C21H15FN6. The summed E-state index contributed by atoms with van der Waals surface area (Å²) >= 11 is 0. The molecule has 1 aromatic carbocycles. The quantitative estimate of drug-likeness (QED) is 0.481. The summed E-state index contributed by atoms with van der Waals surface area (Å²) in [5, 5.41) is 13.6. The summed E-state index contributed by atoms with van der Waals surface area (Å²) in [7, 11) is 0. The summed E-state index contributed by atoms with van der Waals surface area (Å²) in [5.74, 6) is 0.127. The van der Waals surface area contributed by atoms with Crippen LogP contribution in [-0.4, -0.2) is 29.8 Å². The standard InChI is InChI=1S/C21H15FN6/c1-21(22,16-4-5-17-15(13-16)3-2-10-24-17)20-26-25-19-7-6-18(27-28(19)20)14-8-11-23-12-9-14/h2-13H,1H3. The van der Waals surface area contributed by atoms with Crippen molar-refractivity contribution in [3.63, 3.8) is 0 Å². The molecule has 0 spiro atoms. The van der Waals surface area contributed by atoms with E-state index in [1.54, 1.807) is 36.8 Å². The van der Waals surface area contributed by atoms with Crippen LogP contribution < -0.4 is 0 Å². The Morgan fingerprint density at radius 2 is 1.79 bits per heavy atom. The van der Waals surface area contributed by atoms with Gasteiger partial charge in [0.05, 0.1) is 11.2 Å². The van der Waals surface area contributed by atoms with Crippen LogP contribution in [0, 0.1) is 0 Å². The lowest BCUT2D eigenvalue weighted by molar-refractivity contribution is 0.232. The summed E-state index contributed by atoms with van der Waals surface area (Å²) < 4.78 is 17.4. The molecular weight excluding hydrogens is 355 g/mol. The SMILES string of the molecule is CC(F)(c1ccc2ncccc2c1)c1nnc2ccc(-c3ccncc3)nn12. The zero-order valence-corrected chi connectivity index (χ0v) is 15.0. The van der Waals surface area contributed by atoms with Gasteiger partial charge in [0.25, 0.3) is 0 Å². The zero-order valence-electron chi connectivity index (χ0n) is 15.0. The number of pyridine rings is 2. The predicted molar refractivity (Wildman–Crippen MR) is 103 cm³/mol. The highest BCUT2D eigenvalue weighted by Crippen LogP contribution is 2.34. The van der Waals surface area contributed by atoms with Crippen LogP contribution in [0.25, 0.3) is 27.8 Å². The number of nitrogens with zero attached hydrogens (tertiary/aromatic N) is 6. The molecule has 0 aliphatic heterocycles. The second-order valence-corrected chi connectivity index (χ2v) is 6.66. The minimum absolute atomic E-state index is 0.127. The largest absolute Gasteiger partial charge is 0.265 e. The lowest BCUT2D eigenvalue weighted by atomic mass is 9.95. The molecule has 1 atom stereocenters. The van der Waals surface area contributed by atoms with E-state index in [1.807, 2.05) is 36.4 Å². The van der Waals surface area contributed by atoms with E-state index in [1.165, 1.54) is 11.4 Å². The normalized spacial score (nSPS) is 13.6. The van der Waals surface area contributed by atoms with Gasteiger partial charge in [-0.15, -0.1) is 10.2 Å². The summed E-state index contributed by atoms with van der Waals surface area (Å²) in [5.41, 5.74) is 1.46. The summed E-state index contributed by atoms with van der Waals surface area (Å²) in [4.78, 5) is 8.31. The van der Waals surface area contributed by atoms with Gasteiger partial charge >= 0.3 is 0 Å². The fourth-order valence-corrected chi connectivity index (χ4v) is 3.26. The van der Waals surface area contributed by atoms with Crippen LogP contribution in [-0.2, 0) is 5.67 Å². The number of aromatic nitrogens is 6. The molecule has 0 radical (unpaired) electrons. The number of rotatable bonds is 3. The third kappa shape index (κ3) is 2.60. The number of hydrogen-bond acceptors (Lipinski definition) is 5. The van der Waals surface area contributed by atoms with Gasteiger partial charge in [-0.1, -0.05) is 12.1 Å². The Balaban J connectivity index is 1.66. The Morgan fingerprint density at radius 3 is 2.64 bits per heavy atom. The van der Waals surface area contributed by atoms with Crippen molar-refractivity contribution in [3.05, 3.63) is 84.6 Å². The molecule has 6 nitrogen and oxygen atoms in total. The first-order valence-electron chi connectivity index (χ1n) is 8.80. The van der Waals surface area contributed by atoms with Gasteiger partial charge in [-0.2, -0.15) is 9.61 Å². The lowest BCUT2D eigenvalue weighted by Gasteiger charge is -2.19. The maximum Gasteiger partial charge on any atom is 0.196 e. The van der Waals surface area contributed by atoms with Crippen molar-refractivity contribution in [2.24, 2.45) is 0 Å². The zero-order chi connectivity index (χ0) is 19.1. The maximum atomic E-state index is 16.0. The molecule has 7 heteroatoms. The Kier molecular flexibility index (Phi) is 3.61. The van der Waals surface area contributed by atoms with Gasteiger partial charge in [0.15, 0.2) is 17.1 Å². The van der Waals surface area contributed by atoms with Gasteiger partial charge < -0.3 is 0 Å². The molecule has 5 rings (SSSR count). The molecule has 0 amide bonds. The van der Waals surface area contributed by atoms with Crippen molar-refractivity contribution >= 4 is 16.6 Å². The van der Waals surface area contributed by atoms with Crippen LogP contribution in [0.5, 0.6) is 0 Å². The van der Waals surface area contributed by atoms with Crippen molar-refractivity contribution in [1.82, 2.24) is 29.8 Å². The minimum Gasteiger partial charge on any atom is -0.265 e. The third-order valence-corrected chi connectivity index (χ3v) is 4.80. The molecule has 28 heavy (non-hydrogen) atoms. The molecule has 0 N–H and O–H groups in total. The first-order chi connectivity index (χ1) is 13.6. The average Bonchev–Trinajstić information content (AvgIpc) is 3.18. The molecule has 0 saturated heterocycles. The van der Waals surface area contributed by atoms with Crippen molar-refractivity contribution in [3.8, 4) is 11.3 Å². The van der Waals surface area contributed by atoms with Crippen molar-refractivity contribution in [1.29, 1.82) is 0 Å². The first-order valence-corrected chi connectivity index (χ1v) is 8.80. The number of alkyl halides is 1. The molecule has 4 aromatic heterocycles. The Hall–Kier alpha value is -3.74. The number of halogens is 1. The van der Waals surface area contributed by atoms with Crippen molar-refractivity contribution < 1.29 is 4.39 Å². The molecule has 0 fully saturated rings. The highest BCUT2D eigenvalue weighted by atomic mass is 19.1. The van der Waals surface area contributed by atoms with Crippen LogP contribution in [0.3, 0.4) is 0 Å². The summed E-state index contributed by atoms with van der Waals surface area (Å²) in [6, 6.07) is 16.4. The molecule has 0 bridgehead atoms. The fourth-order valence-electron chi connectivity index (χ4n) is 3.26. The fraction of sp³-hybridized carbons (Fsp3) is 0.0952. The Labute approximate surface area is 159 Å². The molecule has 0 aliphatic rings. The maximum absolute atomic E-state index is 16.0. The second-order valence-electron chi connectivity index (χ2n) is 6.66. The smallest absolute Gasteiger partial charge is 0.196 e. The molecule has 1 unspecified atom stereocenters. The van der Waals surface area contributed by atoms with Crippen molar-refractivity contribution in [2.75, 3.05) is 0 Å². The monoisotopic (exact) mass is 370 g/mol. The molecule has 5 aromatic rings. The van der Waals surface area contributed by atoms with Crippen molar-refractivity contribution in [2.45, 2.75) is 12.6 Å². The number of fused-ring (bicyclic) bond motifs is 2. The lowest BCUT2D eigenvalue weighted by Crippen LogP contribution is -2.22. The topological polar surface area (TPSA) is 68.9 Å². The van der Waals surface area contributed by atoms with Gasteiger partial charge in [-0.25, -0.2) is 4.39 Å². The first kappa shape index (κ1) is 16.4. The van der Waals surface area contributed by atoms with Crippen LogP contribution in [0.15, 0.2) is 73.2 Å². The van der Waals surface area contributed by atoms with E-state index in [9.17, 15) is 0 Å². The molecule has 0 saturated carbocycles. The van der Waals surface area contributed by atoms with Crippen LogP contribution in [0.4, 0.5) is 4.39 Å². The van der Waals surface area contributed by atoms with Gasteiger partial charge in [0.2, 0.25) is 0 Å². The van der Waals surface area contributed by atoms with Gasteiger partial charge in [-0.3, -0.25) is 9.97 Å². The third-order valence-electron chi connectivity index (χ3n) is 4.80. The van der Waals surface area contributed by atoms with Gasteiger partial charge in [0, 0.05) is 29.5 Å². The van der Waals surface area contributed by atoms with E-state index in [4.69, 9.17) is 0 Å². The Morgan fingerprint density at radius 1 is 0.929 bits per heavy atom. The van der Waals surface area contributed by atoms with Gasteiger partial charge in [0.1, 0.15) is 0 Å². The second kappa shape index (κ2) is 6.16. The minimum atomic E-state index is -1.88. The predicted octanol–water partition coefficient (Wildman–Crippen LogP) is 3.97. The average molecular weight is 370 g/mol. The van der Waals surface area contributed by atoms with Crippen LogP contribution in [0.1, 0.15) is 18.3 Å². The van der Waals surface area contributed by atoms with Crippen LogP contribution in [0.2, 0.25) is 0 Å². The van der Waals surface area contributed by atoms with E-state index in [0.717, 1.165) is 16.5 Å². The van der Waals surface area contributed by atoms with E-state index in [0.29, 0.717) is 16.9 Å². The molecule has 0 aliphatic carbocycles. The van der Waals surface area contributed by atoms with E-state index >= 15 is 4.39 Å². The Bertz CT molecular complexity index is 1300. The van der Waals surface area contributed by atoms with E-state index < -0.39 is 5.67 Å². The van der Waals surface area contributed by atoms with E-state index in [-0.39, 0.29) is 5.82 Å². The summed E-state index contributed by atoms with van der Waals surface area (Å²) in [6.45, 7) is 1.47. The van der Waals surface area contributed by atoms with E-state index in [2.05, 4.69) is 25.3 Å². The number of benzene rings is 1. The molecule has 4 heterocycles. The van der Waals surface area contributed by atoms with Crippen LogP contribution >= 0.6 is 0 Å². The molecule has 136 valence electrons. The van der Waals surface area contributed by atoms with Gasteiger partial charge in [-0.05, 0) is 55.0 Å². The highest BCUT2D eigenvalue weighted by molar-refractivity contribution is 5.79. The summed E-state index contributed by atoms with van der Waals surface area (Å²) in [6.07, 6.45) is 5.10. The number of hydrogen-bond donors (Lipinski definition) is 0.